The molecule has 0 bridgehead atoms. The minimum Gasteiger partial charge on any atom is -0.388 e. The molecule has 2 rings (SSSR count). The third kappa shape index (κ3) is 4.92. The molecule has 112 valence electrons. The van der Waals surface area contributed by atoms with Gasteiger partial charge >= 0.3 is 0 Å². The molecule has 1 aliphatic rings. The summed E-state index contributed by atoms with van der Waals surface area (Å²) in [6.07, 6.45) is 4.52. The van der Waals surface area contributed by atoms with Crippen LogP contribution in [0.3, 0.4) is 0 Å². The molecular formula is C18H29NO. The van der Waals surface area contributed by atoms with Gasteiger partial charge in [0.2, 0.25) is 0 Å². The first-order valence-corrected chi connectivity index (χ1v) is 8.07. The fourth-order valence-electron chi connectivity index (χ4n) is 2.95. The molecule has 1 saturated carbocycles. The molecule has 1 aliphatic carbocycles. The van der Waals surface area contributed by atoms with Gasteiger partial charge in [0.1, 0.15) is 0 Å². The Morgan fingerprint density at radius 1 is 1.15 bits per heavy atom. The molecule has 1 fully saturated rings. The van der Waals surface area contributed by atoms with E-state index in [0.717, 1.165) is 31.0 Å². The van der Waals surface area contributed by atoms with E-state index in [0.29, 0.717) is 0 Å². The Kier molecular flexibility index (Phi) is 5.62. The molecule has 20 heavy (non-hydrogen) atoms. The molecule has 0 aliphatic heterocycles. The van der Waals surface area contributed by atoms with Gasteiger partial charge in [-0.05, 0) is 57.6 Å². The van der Waals surface area contributed by atoms with E-state index in [-0.39, 0.29) is 6.10 Å². The summed E-state index contributed by atoms with van der Waals surface area (Å²) >= 11 is 0. The van der Waals surface area contributed by atoms with Gasteiger partial charge in [-0.25, -0.2) is 0 Å². The third-order valence-corrected chi connectivity index (χ3v) is 4.10. The van der Waals surface area contributed by atoms with E-state index in [9.17, 15) is 5.11 Å². The van der Waals surface area contributed by atoms with E-state index in [2.05, 4.69) is 43.9 Å². The van der Waals surface area contributed by atoms with Crippen LogP contribution in [0, 0.1) is 19.8 Å². The van der Waals surface area contributed by atoms with E-state index in [1.165, 1.54) is 36.9 Å². The number of hydrogen-bond acceptors (Lipinski definition) is 2. The van der Waals surface area contributed by atoms with Crippen LogP contribution in [0.25, 0.3) is 0 Å². The first kappa shape index (κ1) is 15.5. The largest absolute Gasteiger partial charge is 0.388 e. The fourth-order valence-corrected chi connectivity index (χ4v) is 2.95. The van der Waals surface area contributed by atoms with Crippen LogP contribution in [0.4, 0.5) is 0 Å². The molecule has 1 aromatic rings. The number of hydrogen-bond donors (Lipinski definition) is 1. The maximum Gasteiger partial charge on any atom is 0.0802 e. The van der Waals surface area contributed by atoms with E-state index in [1.54, 1.807) is 0 Å². The molecule has 0 heterocycles. The molecule has 1 atom stereocenters. The lowest BCUT2D eigenvalue weighted by Crippen LogP contribution is -2.29. The van der Waals surface area contributed by atoms with Crippen molar-refractivity contribution < 1.29 is 5.11 Å². The minimum absolute atomic E-state index is 0.327. The van der Waals surface area contributed by atoms with Crippen LogP contribution in [0.2, 0.25) is 0 Å². The Balaban J connectivity index is 1.86. The summed E-state index contributed by atoms with van der Waals surface area (Å²) in [5.74, 6) is 0.930. The molecule has 0 aromatic heterocycles. The molecule has 1 aromatic carbocycles. The maximum atomic E-state index is 10.4. The lowest BCUT2D eigenvalue weighted by molar-refractivity contribution is 0.140. The highest BCUT2D eigenvalue weighted by atomic mass is 16.3. The second-order valence-electron chi connectivity index (χ2n) is 6.47. The molecule has 1 unspecified atom stereocenters. The van der Waals surface area contributed by atoms with Gasteiger partial charge in [-0.15, -0.1) is 0 Å². The van der Waals surface area contributed by atoms with Crippen LogP contribution < -0.4 is 0 Å². The first-order chi connectivity index (χ1) is 9.58. The summed E-state index contributed by atoms with van der Waals surface area (Å²) < 4.78 is 0. The lowest BCUT2D eigenvalue weighted by atomic mass is 10.0. The molecular weight excluding hydrogens is 246 g/mol. The van der Waals surface area contributed by atoms with Gasteiger partial charge in [-0.1, -0.05) is 36.2 Å². The van der Waals surface area contributed by atoms with Gasteiger partial charge < -0.3 is 10.0 Å². The van der Waals surface area contributed by atoms with E-state index < -0.39 is 0 Å². The Morgan fingerprint density at radius 3 is 2.35 bits per heavy atom. The van der Waals surface area contributed by atoms with Crippen LogP contribution in [-0.2, 0) is 0 Å². The van der Waals surface area contributed by atoms with Gasteiger partial charge in [-0.3, -0.25) is 0 Å². The molecule has 0 amide bonds. The second-order valence-corrected chi connectivity index (χ2v) is 6.47. The minimum atomic E-state index is -0.327. The number of aryl methyl sites for hydroxylation is 2. The zero-order chi connectivity index (χ0) is 14.5. The van der Waals surface area contributed by atoms with E-state index in [4.69, 9.17) is 0 Å². The van der Waals surface area contributed by atoms with Crippen molar-refractivity contribution in [2.45, 2.75) is 52.6 Å². The van der Waals surface area contributed by atoms with Gasteiger partial charge in [0, 0.05) is 13.1 Å². The number of nitrogens with zero attached hydrogens (tertiary/aromatic N) is 1. The highest BCUT2D eigenvalue weighted by molar-refractivity contribution is 5.29. The van der Waals surface area contributed by atoms with Crippen molar-refractivity contribution in [3.8, 4) is 0 Å². The van der Waals surface area contributed by atoms with Gasteiger partial charge in [-0.2, -0.15) is 0 Å². The molecule has 0 saturated heterocycles. The highest BCUT2D eigenvalue weighted by Crippen LogP contribution is 2.30. The fraction of sp³-hybridized carbons (Fsp3) is 0.667. The number of benzene rings is 1. The van der Waals surface area contributed by atoms with Crippen molar-refractivity contribution in [3.05, 3.63) is 34.9 Å². The summed E-state index contributed by atoms with van der Waals surface area (Å²) in [4.78, 5) is 2.53. The SMILES string of the molecule is CCCN(CCC(O)c1cc(C)cc(C)c1)CC1CC1. The Bertz CT molecular complexity index is 405. The summed E-state index contributed by atoms with van der Waals surface area (Å²) in [5.41, 5.74) is 3.55. The summed E-state index contributed by atoms with van der Waals surface area (Å²) in [6, 6.07) is 6.39. The van der Waals surface area contributed by atoms with Crippen LogP contribution in [0.5, 0.6) is 0 Å². The van der Waals surface area contributed by atoms with Crippen LogP contribution in [0.1, 0.15) is 55.4 Å². The zero-order valence-electron chi connectivity index (χ0n) is 13.2. The smallest absolute Gasteiger partial charge is 0.0802 e. The molecule has 2 heteroatoms. The predicted molar refractivity (Wildman–Crippen MR) is 84.9 cm³/mol. The number of rotatable bonds is 8. The third-order valence-electron chi connectivity index (χ3n) is 4.10. The zero-order valence-corrected chi connectivity index (χ0v) is 13.2. The summed E-state index contributed by atoms with van der Waals surface area (Å²) in [6.45, 7) is 9.83. The average Bonchev–Trinajstić information content (AvgIpc) is 3.18. The number of aliphatic hydroxyl groups is 1. The maximum absolute atomic E-state index is 10.4. The monoisotopic (exact) mass is 275 g/mol. The van der Waals surface area contributed by atoms with Crippen molar-refractivity contribution in [1.29, 1.82) is 0 Å². The first-order valence-electron chi connectivity index (χ1n) is 8.07. The van der Waals surface area contributed by atoms with Gasteiger partial charge in [0.25, 0.3) is 0 Å². The van der Waals surface area contributed by atoms with Crippen molar-refractivity contribution in [1.82, 2.24) is 4.90 Å². The van der Waals surface area contributed by atoms with Gasteiger partial charge in [0.05, 0.1) is 6.10 Å². The summed E-state index contributed by atoms with van der Waals surface area (Å²) in [5, 5.41) is 10.4. The lowest BCUT2D eigenvalue weighted by Gasteiger charge is -2.23. The van der Waals surface area contributed by atoms with Crippen LogP contribution in [-0.4, -0.2) is 29.6 Å². The molecule has 0 spiro atoms. The topological polar surface area (TPSA) is 23.5 Å². The Labute approximate surface area is 123 Å². The van der Waals surface area contributed by atoms with Gasteiger partial charge in [0.15, 0.2) is 0 Å². The molecule has 0 radical (unpaired) electrons. The van der Waals surface area contributed by atoms with Crippen molar-refractivity contribution in [3.63, 3.8) is 0 Å². The molecule has 1 N–H and O–H groups in total. The van der Waals surface area contributed by atoms with E-state index in [1.807, 2.05) is 0 Å². The van der Waals surface area contributed by atoms with Crippen molar-refractivity contribution in [2.75, 3.05) is 19.6 Å². The number of aliphatic hydroxyl groups excluding tert-OH is 1. The van der Waals surface area contributed by atoms with E-state index >= 15 is 0 Å². The standard InChI is InChI=1S/C18H29NO/c1-4-8-19(13-16-5-6-16)9-7-18(20)17-11-14(2)10-15(3)12-17/h10-12,16,18,20H,4-9,13H2,1-3H3. The molecule has 2 nitrogen and oxygen atoms in total. The summed E-state index contributed by atoms with van der Waals surface area (Å²) in [7, 11) is 0. The normalized spacial score (nSPS) is 16.6. The Hall–Kier alpha value is -0.860. The van der Waals surface area contributed by atoms with Crippen LogP contribution in [0.15, 0.2) is 18.2 Å². The van der Waals surface area contributed by atoms with Crippen LogP contribution >= 0.6 is 0 Å². The highest BCUT2D eigenvalue weighted by Gasteiger charge is 2.24. The average molecular weight is 275 g/mol. The predicted octanol–water partition coefficient (Wildman–Crippen LogP) is 3.85. The second kappa shape index (κ2) is 7.24. The van der Waals surface area contributed by atoms with Crippen molar-refractivity contribution >= 4 is 0 Å². The Morgan fingerprint density at radius 2 is 1.80 bits per heavy atom. The van der Waals surface area contributed by atoms with Crippen molar-refractivity contribution in [2.24, 2.45) is 5.92 Å². The quantitative estimate of drug-likeness (QED) is 0.779.